The maximum Gasteiger partial charge on any atom is 0.293 e. The van der Waals surface area contributed by atoms with Gasteiger partial charge in [0, 0.05) is 13.1 Å². The predicted octanol–water partition coefficient (Wildman–Crippen LogP) is 1.66. The van der Waals surface area contributed by atoms with Gasteiger partial charge in [0.05, 0.1) is 11.4 Å². The minimum absolute atomic E-state index is 0.0789. The molecule has 148 valence electrons. The summed E-state index contributed by atoms with van der Waals surface area (Å²) in [6, 6.07) is 5.35. The van der Waals surface area contributed by atoms with Crippen molar-refractivity contribution in [2.24, 2.45) is 0 Å². The van der Waals surface area contributed by atoms with Crippen LogP contribution in [0.25, 0.3) is 6.08 Å². The number of imide groups is 1. The van der Waals surface area contributed by atoms with E-state index < -0.39 is 0 Å². The molecule has 3 heterocycles. The molecular formula is C19H21N3O5S. The number of rotatable bonds is 6. The van der Waals surface area contributed by atoms with Crippen molar-refractivity contribution in [1.82, 2.24) is 15.1 Å². The first kappa shape index (κ1) is 18.8. The summed E-state index contributed by atoms with van der Waals surface area (Å²) in [5.74, 6) is 0.856. The lowest BCUT2D eigenvalue weighted by Crippen LogP contribution is -2.41. The van der Waals surface area contributed by atoms with Gasteiger partial charge in [-0.3, -0.25) is 24.2 Å². The van der Waals surface area contributed by atoms with Gasteiger partial charge in [-0.25, -0.2) is 0 Å². The quantitative estimate of drug-likeness (QED) is 0.723. The van der Waals surface area contributed by atoms with Crippen molar-refractivity contribution in [3.05, 3.63) is 28.7 Å². The molecule has 3 amide bonds. The number of hydrogen-bond acceptors (Lipinski definition) is 7. The number of nitrogens with one attached hydrogen (secondary N) is 1. The van der Waals surface area contributed by atoms with Gasteiger partial charge in [-0.05, 0) is 61.5 Å². The van der Waals surface area contributed by atoms with Crippen molar-refractivity contribution in [2.75, 3.05) is 39.5 Å². The Labute approximate surface area is 166 Å². The van der Waals surface area contributed by atoms with E-state index in [9.17, 15) is 14.4 Å². The number of benzene rings is 1. The average molecular weight is 403 g/mol. The molecule has 3 aliphatic heterocycles. The van der Waals surface area contributed by atoms with E-state index in [2.05, 4.69) is 10.2 Å². The van der Waals surface area contributed by atoms with Gasteiger partial charge in [0.2, 0.25) is 12.7 Å². The molecule has 0 aliphatic carbocycles. The molecule has 4 rings (SSSR count). The molecule has 8 nitrogen and oxygen atoms in total. The molecule has 9 heteroatoms. The maximum atomic E-state index is 12.5. The monoisotopic (exact) mass is 403 g/mol. The second-order valence-electron chi connectivity index (χ2n) is 6.78. The summed E-state index contributed by atoms with van der Waals surface area (Å²) < 4.78 is 10.6. The van der Waals surface area contributed by atoms with Crippen molar-refractivity contribution >= 4 is 34.9 Å². The van der Waals surface area contributed by atoms with Crippen LogP contribution < -0.4 is 14.8 Å². The first-order valence-electron chi connectivity index (χ1n) is 9.24. The fraction of sp³-hybridized carbons (Fsp3) is 0.421. The van der Waals surface area contributed by atoms with E-state index >= 15 is 0 Å². The predicted molar refractivity (Wildman–Crippen MR) is 104 cm³/mol. The number of carbonyl (C=O) groups is 3. The SMILES string of the molecule is O=C(CN1CCCC1)NCCN1C(=O)S/C(=C\c2ccc3c(c2)OCO3)C1=O. The standard InChI is InChI=1S/C19H21N3O5S/c23-17(11-21-6-1-2-7-21)20-5-8-22-18(24)16(28-19(22)25)10-13-3-4-14-15(9-13)27-12-26-14/h3-4,9-10H,1-2,5-8,11-12H2,(H,20,23)/b16-10-. The fourth-order valence-electron chi connectivity index (χ4n) is 3.35. The lowest BCUT2D eigenvalue weighted by atomic mass is 10.2. The molecular weight excluding hydrogens is 382 g/mol. The number of carbonyl (C=O) groups excluding carboxylic acids is 3. The molecule has 0 saturated carbocycles. The Morgan fingerprint density at radius 1 is 1.18 bits per heavy atom. The fourth-order valence-corrected chi connectivity index (χ4v) is 4.22. The number of fused-ring (bicyclic) bond motifs is 1. The van der Waals surface area contributed by atoms with Gasteiger partial charge in [-0.2, -0.15) is 0 Å². The summed E-state index contributed by atoms with van der Waals surface area (Å²) in [6.07, 6.45) is 3.92. The lowest BCUT2D eigenvalue weighted by molar-refractivity contribution is -0.124. The molecule has 0 bridgehead atoms. The highest BCUT2D eigenvalue weighted by Crippen LogP contribution is 2.36. The van der Waals surface area contributed by atoms with Crippen LogP contribution in [-0.2, 0) is 9.59 Å². The third-order valence-electron chi connectivity index (χ3n) is 4.79. The summed E-state index contributed by atoms with van der Waals surface area (Å²) >= 11 is 0.900. The zero-order valence-electron chi connectivity index (χ0n) is 15.3. The van der Waals surface area contributed by atoms with Gasteiger partial charge in [0.15, 0.2) is 11.5 Å². The molecule has 1 aromatic carbocycles. The minimum Gasteiger partial charge on any atom is -0.454 e. The van der Waals surface area contributed by atoms with E-state index in [0.717, 1.165) is 43.3 Å². The summed E-state index contributed by atoms with van der Waals surface area (Å²) in [7, 11) is 0. The molecule has 0 radical (unpaired) electrons. The van der Waals surface area contributed by atoms with Crippen molar-refractivity contribution in [2.45, 2.75) is 12.8 Å². The summed E-state index contributed by atoms with van der Waals surface area (Å²) in [6.45, 7) is 2.85. The molecule has 0 spiro atoms. The Morgan fingerprint density at radius 3 is 2.79 bits per heavy atom. The van der Waals surface area contributed by atoms with Gasteiger partial charge >= 0.3 is 0 Å². The average Bonchev–Trinajstić information content (AvgIpc) is 3.39. The number of thioether (sulfide) groups is 1. The first-order valence-corrected chi connectivity index (χ1v) is 10.1. The Morgan fingerprint density at radius 2 is 1.96 bits per heavy atom. The van der Waals surface area contributed by atoms with Crippen LogP contribution in [0.1, 0.15) is 18.4 Å². The molecule has 1 N–H and O–H groups in total. The largest absolute Gasteiger partial charge is 0.454 e. The van der Waals surface area contributed by atoms with Crippen LogP contribution in [0, 0.1) is 0 Å². The molecule has 0 atom stereocenters. The normalized spacial score (nSPS) is 20.4. The van der Waals surface area contributed by atoms with E-state index in [1.165, 1.54) is 4.90 Å². The molecule has 28 heavy (non-hydrogen) atoms. The highest BCUT2D eigenvalue weighted by Gasteiger charge is 2.34. The zero-order chi connectivity index (χ0) is 19.5. The third-order valence-corrected chi connectivity index (χ3v) is 5.70. The van der Waals surface area contributed by atoms with Crippen LogP contribution in [0.2, 0.25) is 0 Å². The third kappa shape index (κ3) is 4.15. The van der Waals surface area contributed by atoms with E-state index in [1.54, 1.807) is 24.3 Å². The van der Waals surface area contributed by atoms with Gasteiger partial charge in [-0.1, -0.05) is 6.07 Å². The number of ether oxygens (including phenoxy) is 2. The van der Waals surface area contributed by atoms with Crippen LogP contribution in [-0.4, -0.2) is 66.4 Å². The molecule has 0 unspecified atom stereocenters. The van der Waals surface area contributed by atoms with Crippen LogP contribution in [0.15, 0.2) is 23.1 Å². The zero-order valence-corrected chi connectivity index (χ0v) is 16.1. The highest BCUT2D eigenvalue weighted by atomic mass is 32.2. The molecule has 3 aliphatic rings. The van der Waals surface area contributed by atoms with Crippen LogP contribution in [0.4, 0.5) is 4.79 Å². The summed E-state index contributed by atoms with van der Waals surface area (Å²) in [5.41, 5.74) is 0.758. The van der Waals surface area contributed by atoms with E-state index in [1.807, 2.05) is 0 Å². The highest BCUT2D eigenvalue weighted by molar-refractivity contribution is 8.18. The van der Waals surface area contributed by atoms with Gasteiger partial charge in [0.1, 0.15) is 0 Å². The van der Waals surface area contributed by atoms with E-state index in [-0.39, 0.29) is 36.9 Å². The number of likely N-dealkylation sites (tertiary alicyclic amines) is 1. The molecule has 2 fully saturated rings. The number of amides is 3. The minimum atomic E-state index is -0.346. The second-order valence-corrected chi connectivity index (χ2v) is 7.77. The van der Waals surface area contributed by atoms with Crippen molar-refractivity contribution < 1.29 is 23.9 Å². The van der Waals surface area contributed by atoms with E-state index in [0.29, 0.717) is 22.9 Å². The van der Waals surface area contributed by atoms with Crippen LogP contribution in [0.3, 0.4) is 0 Å². The smallest absolute Gasteiger partial charge is 0.293 e. The van der Waals surface area contributed by atoms with E-state index in [4.69, 9.17) is 9.47 Å². The Kier molecular flexibility index (Phi) is 5.54. The number of hydrogen-bond donors (Lipinski definition) is 1. The summed E-state index contributed by atoms with van der Waals surface area (Å²) in [5, 5.41) is 2.46. The Hall–Kier alpha value is -2.52. The molecule has 0 aromatic heterocycles. The lowest BCUT2D eigenvalue weighted by Gasteiger charge is -2.16. The first-order chi connectivity index (χ1) is 13.6. The van der Waals surface area contributed by atoms with Crippen molar-refractivity contribution in [3.63, 3.8) is 0 Å². The maximum absolute atomic E-state index is 12.5. The van der Waals surface area contributed by atoms with Gasteiger partial charge in [0.25, 0.3) is 11.1 Å². The van der Waals surface area contributed by atoms with Crippen molar-refractivity contribution in [3.8, 4) is 11.5 Å². The van der Waals surface area contributed by atoms with Crippen molar-refractivity contribution in [1.29, 1.82) is 0 Å². The van der Waals surface area contributed by atoms with Crippen LogP contribution >= 0.6 is 11.8 Å². The van der Waals surface area contributed by atoms with Gasteiger partial charge < -0.3 is 14.8 Å². The second kappa shape index (κ2) is 8.24. The molecule has 2 saturated heterocycles. The number of nitrogens with zero attached hydrogens (tertiary/aromatic N) is 2. The Balaban J connectivity index is 1.31. The molecule has 1 aromatic rings. The van der Waals surface area contributed by atoms with Gasteiger partial charge in [-0.15, -0.1) is 0 Å². The van der Waals surface area contributed by atoms with Crippen LogP contribution in [0.5, 0.6) is 11.5 Å². The topological polar surface area (TPSA) is 88.2 Å². The summed E-state index contributed by atoms with van der Waals surface area (Å²) in [4.78, 5) is 40.3. The Bertz CT molecular complexity index is 835.